The maximum absolute atomic E-state index is 12.1. The number of alkyl carbamates (subject to hydrolysis) is 1. The van der Waals surface area contributed by atoms with Crippen molar-refractivity contribution >= 4 is 12.1 Å². The highest BCUT2D eigenvalue weighted by Crippen LogP contribution is 2.38. The molecule has 2 N–H and O–H groups in total. The number of benzene rings is 1. The van der Waals surface area contributed by atoms with Crippen LogP contribution >= 0.6 is 0 Å². The van der Waals surface area contributed by atoms with E-state index in [0.717, 1.165) is 24.0 Å². The minimum absolute atomic E-state index is 0.270. The van der Waals surface area contributed by atoms with Gasteiger partial charge in [-0.15, -0.1) is 0 Å². The van der Waals surface area contributed by atoms with E-state index < -0.39 is 23.7 Å². The summed E-state index contributed by atoms with van der Waals surface area (Å²) in [5.74, 6) is 0.104. The number of esters is 1. The number of amides is 1. The van der Waals surface area contributed by atoms with Gasteiger partial charge in [-0.05, 0) is 56.7 Å². The first-order valence-electron chi connectivity index (χ1n) is 9.08. The molecule has 1 aliphatic carbocycles. The third-order valence-corrected chi connectivity index (χ3v) is 4.50. The lowest BCUT2D eigenvalue weighted by atomic mass is 9.93. The Kier molecular flexibility index (Phi) is 6.51. The predicted molar refractivity (Wildman–Crippen MR) is 98.2 cm³/mol. The molecular formula is C20H29NO5. The van der Waals surface area contributed by atoms with E-state index in [-0.39, 0.29) is 12.2 Å². The molecule has 1 aromatic rings. The second kappa shape index (κ2) is 8.43. The lowest BCUT2D eigenvalue weighted by molar-refractivity contribution is -0.143. The summed E-state index contributed by atoms with van der Waals surface area (Å²) in [6.07, 6.45) is 4.06. The molecule has 0 unspecified atom stereocenters. The van der Waals surface area contributed by atoms with E-state index in [1.165, 1.54) is 20.0 Å². The largest absolute Gasteiger partial charge is 0.508 e. The number of aromatic hydroxyl groups is 1. The maximum atomic E-state index is 12.1. The molecule has 1 fully saturated rings. The Morgan fingerprint density at radius 2 is 1.92 bits per heavy atom. The second-order valence-electron chi connectivity index (χ2n) is 7.80. The van der Waals surface area contributed by atoms with E-state index in [9.17, 15) is 14.7 Å². The summed E-state index contributed by atoms with van der Waals surface area (Å²) in [6.45, 7) is 5.27. The van der Waals surface area contributed by atoms with Crippen molar-refractivity contribution in [2.75, 3.05) is 7.11 Å². The zero-order valence-electron chi connectivity index (χ0n) is 16.0. The molecule has 1 amide bonds. The fraction of sp³-hybridized carbons (Fsp3) is 0.600. The summed E-state index contributed by atoms with van der Waals surface area (Å²) >= 11 is 0. The summed E-state index contributed by atoms with van der Waals surface area (Å²) in [5.41, 5.74) is 1.12. The molecule has 26 heavy (non-hydrogen) atoms. The molecule has 0 aromatic heterocycles. The third kappa shape index (κ3) is 5.64. The number of nitrogens with one attached hydrogen (secondary N) is 1. The third-order valence-electron chi connectivity index (χ3n) is 4.50. The molecule has 0 radical (unpaired) electrons. The van der Waals surface area contributed by atoms with E-state index in [1.54, 1.807) is 32.9 Å². The molecule has 6 heteroatoms. The standard InChI is InChI=1S/C20H29NO5/c1-20(2,3)26-19(24)21-16(18(23)25-4)12-13-9-10-17(22)15(11-13)14-7-5-6-8-14/h9-11,14,16,22H,5-8,12H2,1-4H3,(H,21,24)/t16-/m0/s1. The molecule has 144 valence electrons. The van der Waals surface area contributed by atoms with Crippen molar-refractivity contribution in [2.45, 2.75) is 70.4 Å². The number of carbonyl (C=O) groups excluding carboxylic acids is 2. The molecule has 1 aliphatic rings. The lowest BCUT2D eigenvalue weighted by Crippen LogP contribution is -2.45. The number of ether oxygens (including phenoxy) is 2. The van der Waals surface area contributed by atoms with Gasteiger partial charge in [0.15, 0.2) is 0 Å². The first-order valence-corrected chi connectivity index (χ1v) is 9.08. The average Bonchev–Trinajstić information content (AvgIpc) is 3.07. The summed E-state index contributed by atoms with van der Waals surface area (Å²) < 4.78 is 10.0. The summed E-state index contributed by atoms with van der Waals surface area (Å²) in [5, 5.41) is 12.8. The summed E-state index contributed by atoms with van der Waals surface area (Å²) in [4.78, 5) is 24.1. The highest BCUT2D eigenvalue weighted by Gasteiger charge is 2.26. The molecule has 0 heterocycles. The SMILES string of the molecule is COC(=O)[C@H](Cc1ccc(O)c(C2CCCC2)c1)NC(=O)OC(C)(C)C. The Morgan fingerprint density at radius 3 is 2.50 bits per heavy atom. The van der Waals surface area contributed by atoms with Crippen molar-refractivity contribution in [3.05, 3.63) is 29.3 Å². The Bertz CT molecular complexity index is 644. The number of hydrogen-bond acceptors (Lipinski definition) is 5. The molecule has 0 spiro atoms. The van der Waals surface area contributed by atoms with Crippen molar-refractivity contribution < 1.29 is 24.2 Å². The molecule has 0 bridgehead atoms. The predicted octanol–water partition coefficient (Wildman–Crippen LogP) is 3.66. The minimum atomic E-state index is -0.851. The molecule has 0 aliphatic heterocycles. The Hall–Kier alpha value is -2.24. The van der Waals surface area contributed by atoms with Crippen LogP contribution in [0.4, 0.5) is 4.79 Å². The van der Waals surface area contributed by atoms with Crippen molar-refractivity contribution in [2.24, 2.45) is 0 Å². The zero-order valence-corrected chi connectivity index (χ0v) is 16.0. The van der Waals surface area contributed by atoms with E-state index >= 15 is 0 Å². The fourth-order valence-corrected chi connectivity index (χ4v) is 3.32. The van der Waals surface area contributed by atoms with E-state index in [2.05, 4.69) is 5.32 Å². The number of phenols is 1. The molecule has 1 atom stereocenters. The lowest BCUT2D eigenvalue weighted by Gasteiger charge is -2.23. The van der Waals surface area contributed by atoms with Crippen LogP contribution in [0.2, 0.25) is 0 Å². The van der Waals surface area contributed by atoms with E-state index in [1.807, 2.05) is 6.07 Å². The number of phenolic OH excluding ortho intramolecular Hbond substituents is 1. The van der Waals surface area contributed by atoms with Crippen LogP contribution in [0, 0.1) is 0 Å². The van der Waals surface area contributed by atoms with Crippen molar-refractivity contribution in [1.82, 2.24) is 5.32 Å². The van der Waals surface area contributed by atoms with Gasteiger partial charge in [0, 0.05) is 6.42 Å². The first-order chi connectivity index (χ1) is 12.2. The number of carbonyl (C=O) groups is 2. The molecule has 2 rings (SSSR count). The van der Waals surface area contributed by atoms with Crippen LogP contribution in [-0.2, 0) is 20.7 Å². The minimum Gasteiger partial charge on any atom is -0.508 e. The number of hydrogen-bond donors (Lipinski definition) is 2. The Balaban J connectivity index is 2.13. The Morgan fingerprint density at radius 1 is 1.27 bits per heavy atom. The van der Waals surface area contributed by atoms with Crippen molar-refractivity contribution in [3.63, 3.8) is 0 Å². The van der Waals surface area contributed by atoms with Gasteiger partial charge in [-0.3, -0.25) is 0 Å². The van der Waals surface area contributed by atoms with Crippen LogP contribution in [0.15, 0.2) is 18.2 Å². The molecule has 1 saturated carbocycles. The van der Waals surface area contributed by atoms with E-state index in [0.29, 0.717) is 5.92 Å². The van der Waals surface area contributed by atoms with Gasteiger partial charge < -0.3 is 19.9 Å². The normalized spacial score (nSPS) is 16.2. The first kappa shape index (κ1) is 20.1. The van der Waals surface area contributed by atoms with Gasteiger partial charge in [0.25, 0.3) is 0 Å². The van der Waals surface area contributed by atoms with E-state index in [4.69, 9.17) is 9.47 Å². The van der Waals surface area contributed by atoms with Crippen LogP contribution in [0.5, 0.6) is 5.75 Å². The van der Waals surface area contributed by atoms with Gasteiger partial charge >= 0.3 is 12.1 Å². The van der Waals surface area contributed by atoms with Crippen LogP contribution in [0.1, 0.15) is 63.5 Å². The van der Waals surface area contributed by atoms with Crippen LogP contribution < -0.4 is 5.32 Å². The highest BCUT2D eigenvalue weighted by molar-refractivity contribution is 5.81. The fourth-order valence-electron chi connectivity index (χ4n) is 3.32. The summed E-state index contributed by atoms with van der Waals surface area (Å²) in [7, 11) is 1.28. The van der Waals surface area contributed by atoms with Crippen LogP contribution in [-0.4, -0.2) is 35.9 Å². The van der Waals surface area contributed by atoms with Gasteiger partial charge in [-0.1, -0.05) is 25.0 Å². The number of rotatable bonds is 5. The highest BCUT2D eigenvalue weighted by atomic mass is 16.6. The van der Waals surface area contributed by atoms with Crippen LogP contribution in [0.25, 0.3) is 0 Å². The van der Waals surface area contributed by atoms with Crippen molar-refractivity contribution in [3.8, 4) is 5.75 Å². The molecule has 0 saturated heterocycles. The zero-order chi connectivity index (χ0) is 19.3. The average molecular weight is 363 g/mol. The topological polar surface area (TPSA) is 84.9 Å². The van der Waals surface area contributed by atoms with Gasteiger partial charge in [-0.25, -0.2) is 9.59 Å². The van der Waals surface area contributed by atoms with Gasteiger partial charge in [0.05, 0.1) is 7.11 Å². The van der Waals surface area contributed by atoms with Gasteiger partial charge in [-0.2, -0.15) is 0 Å². The monoisotopic (exact) mass is 363 g/mol. The molecule has 6 nitrogen and oxygen atoms in total. The molecular weight excluding hydrogens is 334 g/mol. The Labute approximate surface area is 154 Å². The molecule has 1 aromatic carbocycles. The van der Waals surface area contributed by atoms with Crippen LogP contribution in [0.3, 0.4) is 0 Å². The maximum Gasteiger partial charge on any atom is 0.408 e. The number of methoxy groups -OCH3 is 1. The second-order valence-corrected chi connectivity index (χ2v) is 7.80. The quantitative estimate of drug-likeness (QED) is 0.780. The smallest absolute Gasteiger partial charge is 0.408 e. The van der Waals surface area contributed by atoms with Gasteiger partial charge in [0.1, 0.15) is 17.4 Å². The van der Waals surface area contributed by atoms with Crippen molar-refractivity contribution in [1.29, 1.82) is 0 Å². The summed E-state index contributed by atoms with van der Waals surface area (Å²) in [6, 6.07) is 4.50. The van der Waals surface area contributed by atoms with Gasteiger partial charge in [0.2, 0.25) is 0 Å².